The number of sulfone groups is 2. The van der Waals surface area contributed by atoms with Crippen molar-refractivity contribution >= 4 is 31.3 Å². The maximum atomic E-state index is 13.8. The highest BCUT2D eigenvalue weighted by Crippen LogP contribution is 2.43. The Balaban J connectivity index is 2.05. The number of aryl methyl sites for hydroxylation is 2. The summed E-state index contributed by atoms with van der Waals surface area (Å²) in [5.74, 6) is -0.479. The van der Waals surface area contributed by atoms with Gasteiger partial charge >= 0.3 is 0 Å². The quantitative estimate of drug-likeness (QED) is 0.697. The molecule has 0 saturated heterocycles. The van der Waals surface area contributed by atoms with Crippen LogP contribution in [0.5, 0.6) is 0 Å². The van der Waals surface area contributed by atoms with E-state index in [0.717, 1.165) is 11.8 Å². The zero-order valence-corrected chi connectivity index (χ0v) is 19.3. The predicted octanol–water partition coefficient (Wildman–Crippen LogP) is 3.46. The molecule has 1 saturated carbocycles. The molecule has 30 heavy (non-hydrogen) atoms. The Labute approximate surface area is 178 Å². The van der Waals surface area contributed by atoms with Crippen molar-refractivity contribution in [3.63, 3.8) is 0 Å². The van der Waals surface area contributed by atoms with Gasteiger partial charge in [-0.3, -0.25) is 4.79 Å². The van der Waals surface area contributed by atoms with E-state index < -0.39 is 30.3 Å². The molecule has 1 aliphatic carbocycles. The topological polar surface area (TPSA) is 88.6 Å². The van der Waals surface area contributed by atoms with E-state index in [9.17, 15) is 21.6 Å². The smallest absolute Gasteiger partial charge is 0.248 e. The first-order chi connectivity index (χ1) is 13.9. The van der Waals surface area contributed by atoms with E-state index >= 15 is 0 Å². The number of carbonyl (C=O) groups is 1. The third kappa shape index (κ3) is 3.78. The standard InChI is InChI=1S/C22H27NO5S2/c1-16-7-8-17(2)20(15-16)30(27,28)22(13-5-6-14-22)21(24)23(3)18-9-11-19(12-10-18)29(4,25)26/h7-12,15H,5-6,13-14H2,1-4H3. The van der Waals surface area contributed by atoms with Crippen molar-refractivity contribution in [1.82, 2.24) is 0 Å². The van der Waals surface area contributed by atoms with Crippen LogP contribution in [0.1, 0.15) is 36.8 Å². The van der Waals surface area contributed by atoms with Gasteiger partial charge in [0.05, 0.1) is 9.79 Å². The van der Waals surface area contributed by atoms with E-state index in [1.54, 1.807) is 19.1 Å². The lowest BCUT2D eigenvalue weighted by molar-refractivity contribution is -0.120. The van der Waals surface area contributed by atoms with E-state index in [1.807, 2.05) is 13.0 Å². The number of anilines is 1. The molecule has 0 atom stereocenters. The average molecular weight is 450 g/mol. The molecule has 3 rings (SSSR count). The Kier molecular flexibility index (Phi) is 5.86. The molecule has 0 spiro atoms. The SMILES string of the molecule is Cc1ccc(C)c(S(=O)(=O)C2(C(=O)N(C)c3ccc(S(C)(=O)=O)cc3)CCCC2)c1. The summed E-state index contributed by atoms with van der Waals surface area (Å²) >= 11 is 0. The highest BCUT2D eigenvalue weighted by molar-refractivity contribution is 7.93. The Hall–Kier alpha value is -2.19. The van der Waals surface area contributed by atoms with E-state index in [4.69, 9.17) is 0 Å². The van der Waals surface area contributed by atoms with E-state index in [1.165, 1.54) is 36.2 Å². The van der Waals surface area contributed by atoms with Crippen LogP contribution in [0.4, 0.5) is 5.69 Å². The lowest BCUT2D eigenvalue weighted by Crippen LogP contribution is -2.51. The van der Waals surface area contributed by atoms with Crippen LogP contribution in [-0.2, 0) is 24.5 Å². The summed E-state index contributed by atoms with van der Waals surface area (Å²) in [6, 6.07) is 11.2. The maximum Gasteiger partial charge on any atom is 0.248 e. The molecule has 0 unspecified atom stereocenters. The third-order valence-corrected chi connectivity index (χ3v) is 9.66. The molecule has 0 heterocycles. The number of rotatable bonds is 5. The summed E-state index contributed by atoms with van der Waals surface area (Å²) in [6.07, 6.45) is 2.98. The lowest BCUT2D eigenvalue weighted by atomic mass is 10.1. The lowest BCUT2D eigenvalue weighted by Gasteiger charge is -2.32. The molecular weight excluding hydrogens is 422 g/mol. The fourth-order valence-electron chi connectivity index (χ4n) is 4.09. The van der Waals surface area contributed by atoms with Crippen LogP contribution in [0.3, 0.4) is 0 Å². The van der Waals surface area contributed by atoms with E-state index in [2.05, 4.69) is 0 Å². The van der Waals surface area contributed by atoms with Crippen molar-refractivity contribution in [1.29, 1.82) is 0 Å². The Morgan fingerprint density at radius 2 is 1.50 bits per heavy atom. The van der Waals surface area contributed by atoms with Crippen LogP contribution < -0.4 is 4.90 Å². The molecule has 0 N–H and O–H groups in total. The molecule has 1 aliphatic rings. The number of nitrogens with zero attached hydrogens (tertiary/aromatic N) is 1. The maximum absolute atomic E-state index is 13.8. The van der Waals surface area contributed by atoms with Crippen LogP contribution in [-0.4, -0.2) is 40.8 Å². The van der Waals surface area contributed by atoms with E-state index in [-0.39, 0.29) is 22.6 Å². The fourth-order valence-corrected chi connectivity index (χ4v) is 7.17. The number of hydrogen-bond donors (Lipinski definition) is 0. The number of benzene rings is 2. The van der Waals surface area contributed by atoms with Crippen LogP contribution in [0.15, 0.2) is 52.3 Å². The van der Waals surface area contributed by atoms with Crippen LogP contribution in [0, 0.1) is 13.8 Å². The van der Waals surface area contributed by atoms with Gasteiger partial charge in [0, 0.05) is 19.0 Å². The first-order valence-corrected chi connectivity index (χ1v) is 13.2. The minimum atomic E-state index is -3.92. The summed E-state index contributed by atoms with van der Waals surface area (Å²) in [5, 5.41) is 0. The summed E-state index contributed by atoms with van der Waals surface area (Å²) in [6.45, 7) is 3.57. The molecule has 0 aromatic heterocycles. The fraction of sp³-hybridized carbons (Fsp3) is 0.409. The summed E-state index contributed by atoms with van der Waals surface area (Å²) in [7, 11) is -5.75. The first kappa shape index (κ1) is 22.5. The van der Waals surface area contributed by atoms with Gasteiger partial charge in [0.15, 0.2) is 24.4 Å². The Bertz CT molecular complexity index is 1180. The number of carbonyl (C=O) groups excluding carboxylic acids is 1. The van der Waals surface area contributed by atoms with Crippen molar-refractivity contribution in [2.75, 3.05) is 18.2 Å². The number of amides is 1. The van der Waals surface area contributed by atoms with Gasteiger partial charge in [-0.25, -0.2) is 16.8 Å². The molecule has 1 fully saturated rings. The zero-order valence-electron chi connectivity index (χ0n) is 17.7. The molecule has 0 radical (unpaired) electrons. The van der Waals surface area contributed by atoms with Gasteiger partial charge in [-0.05, 0) is 68.1 Å². The summed E-state index contributed by atoms with van der Waals surface area (Å²) in [5.41, 5.74) is 1.90. The minimum absolute atomic E-state index is 0.144. The second kappa shape index (κ2) is 7.81. The van der Waals surface area contributed by atoms with Gasteiger partial charge in [0.1, 0.15) is 0 Å². The Morgan fingerprint density at radius 3 is 2.03 bits per heavy atom. The van der Waals surface area contributed by atoms with Crippen LogP contribution >= 0.6 is 0 Å². The van der Waals surface area contributed by atoms with Crippen molar-refractivity contribution in [3.8, 4) is 0 Å². The largest absolute Gasteiger partial charge is 0.314 e. The van der Waals surface area contributed by atoms with Gasteiger partial charge in [0.2, 0.25) is 5.91 Å². The first-order valence-electron chi connectivity index (χ1n) is 9.80. The molecule has 0 bridgehead atoms. The molecule has 162 valence electrons. The van der Waals surface area contributed by atoms with Crippen molar-refractivity contribution in [2.45, 2.75) is 54.1 Å². The monoisotopic (exact) mass is 449 g/mol. The van der Waals surface area contributed by atoms with Crippen molar-refractivity contribution in [3.05, 3.63) is 53.6 Å². The molecule has 6 nitrogen and oxygen atoms in total. The molecule has 0 aliphatic heterocycles. The van der Waals surface area contributed by atoms with E-state index in [0.29, 0.717) is 24.1 Å². The minimum Gasteiger partial charge on any atom is -0.314 e. The third-order valence-electron chi connectivity index (χ3n) is 5.91. The predicted molar refractivity (Wildman–Crippen MR) is 117 cm³/mol. The molecule has 2 aromatic carbocycles. The van der Waals surface area contributed by atoms with Gasteiger partial charge in [-0.2, -0.15) is 0 Å². The van der Waals surface area contributed by atoms with Gasteiger partial charge < -0.3 is 4.90 Å². The summed E-state index contributed by atoms with van der Waals surface area (Å²) in [4.78, 5) is 15.3. The van der Waals surface area contributed by atoms with Crippen molar-refractivity contribution in [2.24, 2.45) is 0 Å². The van der Waals surface area contributed by atoms with Crippen LogP contribution in [0.2, 0.25) is 0 Å². The second-order valence-electron chi connectivity index (χ2n) is 8.10. The van der Waals surface area contributed by atoms with Crippen molar-refractivity contribution < 1.29 is 21.6 Å². The normalized spacial score (nSPS) is 16.4. The molecule has 1 amide bonds. The highest BCUT2D eigenvalue weighted by atomic mass is 32.2. The van der Waals surface area contributed by atoms with Gasteiger partial charge in [0.25, 0.3) is 0 Å². The molecule has 2 aromatic rings. The zero-order chi connectivity index (χ0) is 22.3. The number of hydrogen-bond acceptors (Lipinski definition) is 5. The molecular formula is C22H27NO5S2. The van der Waals surface area contributed by atoms with Gasteiger partial charge in [-0.15, -0.1) is 0 Å². The van der Waals surface area contributed by atoms with Gasteiger partial charge in [-0.1, -0.05) is 25.0 Å². The summed E-state index contributed by atoms with van der Waals surface area (Å²) < 4.78 is 49.4. The molecule has 8 heteroatoms. The second-order valence-corrected chi connectivity index (χ2v) is 12.3. The highest BCUT2D eigenvalue weighted by Gasteiger charge is 2.54. The Morgan fingerprint density at radius 1 is 0.933 bits per heavy atom. The average Bonchev–Trinajstić information content (AvgIpc) is 3.20. The van der Waals surface area contributed by atoms with Crippen LogP contribution in [0.25, 0.3) is 0 Å².